The maximum absolute atomic E-state index is 12.0. The first kappa shape index (κ1) is 19.5. The minimum absolute atomic E-state index is 0.0798. The topological polar surface area (TPSA) is 76.7 Å². The van der Waals surface area contributed by atoms with Crippen LogP contribution in [0, 0.1) is 13.8 Å². The monoisotopic (exact) mass is 356 g/mol. The molecule has 0 aromatic heterocycles. The number of anilines is 1. The van der Waals surface area contributed by atoms with Crippen molar-refractivity contribution in [2.45, 2.75) is 13.8 Å². The van der Waals surface area contributed by atoms with Gasteiger partial charge in [-0.15, -0.1) is 0 Å². The van der Waals surface area contributed by atoms with Crippen molar-refractivity contribution in [3.8, 4) is 5.75 Å². The number of benzene rings is 2. The molecule has 6 nitrogen and oxygen atoms in total. The quantitative estimate of drug-likeness (QED) is 0.713. The van der Waals surface area contributed by atoms with E-state index < -0.39 is 0 Å². The van der Waals surface area contributed by atoms with E-state index in [2.05, 4.69) is 10.6 Å². The molecule has 2 N–H and O–H groups in total. The Kier molecular flexibility index (Phi) is 7.17. The molecule has 0 atom stereocenters. The Bertz CT molecular complexity index is 757. The fourth-order valence-corrected chi connectivity index (χ4v) is 2.28. The molecule has 0 aliphatic carbocycles. The predicted octanol–water partition coefficient (Wildman–Crippen LogP) is 2.70. The molecule has 6 heteroatoms. The number of methoxy groups -OCH3 is 1. The molecular formula is C20H24N2O4. The molecule has 26 heavy (non-hydrogen) atoms. The molecule has 0 aliphatic heterocycles. The van der Waals surface area contributed by atoms with Gasteiger partial charge >= 0.3 is 0 Å². The average molecular weight is 356 g/mol. The summed E-state index contributed by atoms with van der Waals surface area (Å²) >= 11 is 0. The first-order valence-electron chi connectivity index (χ1n) is 8.36. The van der Waals surface area contributed by atoms with E-state index >= 15 is 0 Å². The SMILES string of the molecule is COCCNC(=O)c1ccc(NC(=O)COc2cc(C)ccc2C)cc1. The number of ether oxygens (including phenoxy) is 2. The van der Waals surface area contributed by atoms with Gasteiger partial charge in [-0.25, -0.2) is 0 Å². The fourth-order valence-electron chi connectivity index (χ4n) is 2.28. The number of nitrogens with one attached hydrogen (secondary N) is 2. The molecule has 0 heterocycles. The summed E-state index contributed by atoms with van der Waals surface area (Å²) < 4.78 is 10.5. The van der Waals surface area contributed by atoms with Crippen LogP contribution in [-0.2, 0) is 9.53 Å². The van der Waals surface area contributed by atoms with Crippen molar-refractivity contribution < 1.29 is 19.1 Å². The van der Waals surface area contributed by atoms with Gasteiger partial charge in [0.25, 0.3) is 11.8 Å². The molecule has 2 rings (SSSR count). The van der Waals surface area contributed by atoms with Crippen LogP contribution >= 0.6 is 0 Å². The van der Waals surface area contributed by atoms with Gasteiger partial charge in [0.15, 0.2) is 6.61 Å². The lowest BCUT2D eigenvalue weighted by Crippen LogP contribution is -2.26. The van der Waals surface area contributed by atoms with Crippen LogP contribution in [0.5, 0.6) is 5.75 Å². The molecule has 138 valence electrons. The number of hydrogen-bond acceptors (Lipinski definition) is 4. The van der Waals surface area contributed by atoms with E-state index in [1.165, 1.54) is 0 Å². The number of aryl methyl sites for hydroxylation is 2. The molecule has 0 spiro atoms. The lowest BCUT2D eigenvalue weighted by atomic mass is 10.1. The van der Waals surface area contributed by atoms with Crippen LogP contribution in [0.4, 0.5) is 5.69 Å². The second-order valence-electron chi connectivity index (χ2n) is 5.93. The van der Waals surface area contributed by atoms with Crippen molar-refractivity contribution in [2.75, 3.05) is 32.2 Å². The molecule has 0 bridgehead atoms. The maximum Gasteiger partial charge on any atom is 0.262 e. The van der Waals surface area contributed by atoms with Gasteiger partial charge in [0.05, 0.1) is 6.61 Å². The number of rotatable bonds is 8. The molecule has 2 amide bonds. The van der Waals surface area contributed by atoms with Gasteiger partial charge in [0, 0.05) is 24.9 Å². The molecule has 0 fully saturated rings. The van der Waals surface area contributed by atoms with E-state index in [0.717, 1.165) is 11.1 Å². The zero-order chi connectivity index (χ0) is 18.9. The third-order valence-corrected chi connectivity index (χ3v) is 3.73. The summed E-state index contributed by atoms with van der Waals surface area (Å²) in [5.74, 6) is 0.254. The van der Waals surface area contributed by atoms with E-state index in [1.807, 2.05) is 32.0 Å². The highest BCUT2D eigenvalue weighted by atomic mass is 16.5. The van der Waals surface area contributed by atoms with Gasteiger partial charge in [-0.1, -0.05) is 12.1 Å². The van der Waals surface area contributed by atoms with Crippen LogP contribution in [0.25, 0.3) is 0 Å². The Morgan fingerprint density at radius 2 is 1.77 bits per heavy atom. The van der Waals surface area contributed by atoms with E-state index in [1.54, 1.807) is 31.4 Å². The second kappa shape index (κ2) is 9.58. The smallest absolute Gasteiger partial charge is 0.262 e. The molecular weight excluding hydrogens is 332 g/mol. The summed E-state index contributed by atoms with van der Waals surface area (Å²) in [5.41, 5.74) is 3.18. The Morgan fingerprint density at radius 3 is 2.46 bits per heavy atom. The molecule has 0 saturated carbocycles. The lowest BCUT2D eigenvalue weighted by molar-refractivity contribution is -0.118. The first-order valence-corrected chi connectivity index (χ1v) is 8.36. The van der Waals surface area contributed by atoms with E-state index in [9.17, 15) is 9.59 Å². The predicted molar refractivity (Wildman–Crippen MR) is 101 cm³/mol. The van der Waals surface area contributed by atoms with Crippen LogP contribution in [0.3, 0.4) is 0 Å². The summed E-state index contributed by atoms with van der Waals surface area (Å²) in [7, 11) is 1.58. The maximum atomic E-state index is 12.0. The van der Waals surface area contributed by atoms with E-state index in [-0.39, 0.29) is 18.4 Å². The van der Waals surface area contributed by atoms with Crippen LogP contribution in [0.1, 0.15) is 21.5 Å². The van der Waals surface area contributed by atoms with Crippen molar-refractivity contribution in [1.82, 2.24) is 5.32 Å². The van der Waals surface area contributed by atoms with Gasteiger partial charge in [-0.3, -0.25) is 9.59 Å². The van der Waals surface area contributed by atoms with Crippen LogP contribution in [0.2, 0.25) is 0 Å². The third kappa shape index (κ3) is 5.89. The standard InChI is InChI=1S/C20H24N2O4/c1-14-4-5-15(2)18(12-14)26-13-19(23)22-17-8-6-16(7-9-17)20(24)21-10-11-25-3/h4-9,12H,10-11,13H2,1-3H3,(H,21,24)(H,22,23). The summed E-state index contributed by atoms with van der Waals surface area (Å²) in [6, 6.07) is 12.5. The lowest BCUT2D eigenvalue weighted by Gasteiger charge is -2.11. The Balaban J connectivity index is 1.85. The van der Waals surface area contributed by atoms with Crippen molar-refractivity contribution in [1.29, 1.82) is 0 Å². The normalized spacial score (nSPS) is 10.3. The number of carbonyl (C=O) groups is 2. The van der Waals surface area contributed by atoms with Crippen molar-refractivity contribution >= 4 is 17.5 Å². The average Bonchev–Trinajstić information content (AvgIpc) is 2.63. The largest absolute Gasteiger partial charge is 0.483 e. The molecule has 0 radical (unpaired) electrons. The first-order chi connectivity index (χ1) is 12.5. The third-order valence-electron chi connectivity index (χ3n) is 3.73. The molecule has 0 aliphatic rings. The van der Waals surface area contributed by atoms with Gasteiger partial charge in [-0.05, 0) is 55.3 Å². The highest BCUT2D eigenvalue weighted by Crippen LogP contribution is 2.19. The van der Waals surface area contributed by atoms with E-state index in [4.69, 9.17) is 9.47 Å². The van der Waals surface area contributed by atoms with Gasteiger partial charge in [0.2, 0.25) is 0 Å². The Hall–Kier alpha value is -2.86. The zero-order valence-electron chi connectivity index (χ0n) is 15.3. The molecule has 0 unspecified atom stereocenters. The zero-order valence-corrected chi connectivity index (χ0v) is 15.3. The number of carbonyl (C=O) groups excluding carboxylic acids is 2. The summed E-state index contributed by atoms with van der Waals surface area (Å²) in [6.45, 7) is 4.73. The van der Waals surface area contributed by atoms with Gasteiger partial charge in [0.1, 0.15) is 5.75 Å². The minimum Gasteiger partial charge on any atom is -0.483 e. The van der Waals surface area contributed by atoms with E-state index in [0.29, 0.717) is 30.2 Å². The van der Waals surface area contributed by atoms with Crippen molar-refractivity contribution in [3.05, 3.63) is 59.2 Å². The highest BCUT2D eigenvalue weighted by molar-refractivity contribution is 5.96. The molecule has 0 saturated heterocycles. The second-order valence-corrected chi connectivity index (χ2v) is 5.93. The summed E-state index contributed by atoms with van der Waals surface area (Å²) in [6.07, 6.45) is 0. The minimum atomic E-state index is -0.261. The van der Waals surface area contributed by atoms with Crippen molar-refractivity contribution in [3.63, 3.8) is 0 Å². The summed E-state index contributed by atoms with van der Waals surface area (Å²) in [4.78, 5) is 23.9. The Morgan fingerprint density at radius 1 is 1.04 bits per heavy atom. The van der Waals surface area contributed by atoms with Crippen molar-refractivity contribution in [2.24, 2.45) is 0 Å². The van der Waals surface area contributed by atoms with Crippen LogP contribution < -0.4 is 15.4 Å². The Labute approximate surface area is 153 Å². The number of hydrogen-bond donors (Lipinski definition) is 2. The summed E-state index contributed by atoms with van der Waals surface area (Å²) in [5, 5.41) is 5.49. The van der Waals surface area contributed by atoms with Gasteiger partial charge in [-0.2, -0.15) is 0 Å². The van der Waals surface area contributed by atoms with Gasteiger partial charge < -0.3 is 20.1 Å². The van der Waals surface area contributed by atoms with Crippen LogP contribution in [-0.4, -0.2) is 38.7 Å². The molecule has 2 aromatic carbocycles. The highest BCUT2D eigenvalue weighted by Gasteiger charge is 2.08. The number of amides is 2. The molecule has 2 aromatic rings. The fraction of sp³-hybridized carbons (Fsp3) is 0.300. The van der Waals surface area contributed by atoms with Crippen LogP contribution in [0.15, 0.2) is 42.5 Å².